The van der Waals surface area contributed by atoms with Gasteiger partial charge in [-0.15, -0.1) is 0 Å². The Balaban J connectivity index is 1.37. The van der Waals surface area contributed by atoms with Crippen LogP contribution in [0.1, 0.15) is 40.0 Å². The number of nitrogens with zero attached hydrogens (tertiary/aromatic N) is 5. The van der Waals surface area contributed by atoms with Crippen LogP contribution in [-0.4, -0.2) is 70.9 Å². The zero-order chi connectivity index (χ0) is 19.4. The molecule has 0 aliphatic carbocycles. The van der Waals surface area contributed by atoms with Gasteiger partial charge in [0.05, 0.1) is 0 Å². The van der Waals surface area contributed by atoms with Crippen LogP contribution < -0.4 is 4.90 Å². The Morgan fingerprint density at radius 1 is 1.04 bits per heavy atom. The van der Waals surface area contributed by atoms with Gasteiger partial charge in [0.15, 0.2) is 0 Å². The Morgan fingerprint density at radius 2 is 1.67 bits per heavy atom. The number of carbonyl (C=O) groups is 2. The molecule has 2 fully saturated rings. The summed E-state index contributed by atoms with van der Waals surface area (Å²) in [5.41, 5.74) is -0.229. The van der Waals surface area contributed by atoms with E-state index in [9.17, 15) is 9.59 Å². The Kier molecular flexibility index (Phi) is 6.09. The molecule has 2 amide bonds. The maximum absolute atomic E-state index is 12.5. The molecule has 0 spiro atoms. The van der Waals surface area contributed by atoms with E-state index >= 15 is 0 Å². The molecule has 7 nitrogen and oxygen atoms in total. The summed E-state index contributed by atoms with van der Waals surface area (Å²) >= 11 is 0. The van der Waals surface area contributed by atoms with Crippen LogP contribution in [0.15, 0.2) is 18.5 Å². The van der Waals surface area contributed by atoms with E-state index in [1.807, 2.05) is 26.8 Å². The molecule has 1 aromatic heterocycles. The number of imide groups is 1. The molecule has 1 atom stereocenters. The molecule has 0 saturated carbocycles. The summed E-state index contributed by atoms with van der Waals surface area (Å²) in [5.74, 6) is 0.687. The topological polar surface area (TPSA) is 69.6 Å². The number of hydrogen-bond donors (Lipinski definition) is 0. The predicted molar refractivity (Wildman–Crippen MR) is 104 cm³/mol. The average molecular weight is 374 g/mol. The summed E-state index contributed by atoms with van der Waals surface area (Å²) in [6.07, 6.45) is 5.88. The second-order valence-corrected chi connectivity index (χ2v) is 8.36. The third-order valence-electron chi connectivity index (χ3n) is 6.03. The van der Waals surface area contributed by atoms with Gasteiger partial charge in [0.2, 0.25) is 17.8 Å². The molecule has 148 valence electrons. The van der Waals surface area contributed by atoms with E-state index in [1.165, 1.54) is 4.90 Å². The van der Waals surface area contributed by atoms with Crippen molar-refractivity contribution in [3.63, 3.8) is 0 Å². The quantitative estimate of drug-likeness (QED) is 0.559. The lowest BCUT2D eigenvalue weighted by atomic mass is 9.73. The highest BCUT2D eigenvalue weighted by Crippen LogP contribution is 2.36. The van der Waals surface area contributed by atoms with Crippen LogP contribution in [0, 0.1) is 11.3 Å². The Labute approximate surface area is 161 Å². The highest BCUT2D eigenvalue weighted by atomic mass is 16.2. The second-order valence-electron chi connectivity index (χ2n) is 8.36. The fourth-order valence-electron chi connectivity index (χ4n) is 3.80. The molecule has 2 aliphatic heterocycles. The van der Waals surface area contributed by atoms with Crippen LogP contribution in [0.5, 0.6) is 0 Å². The molecule has 27 heavy (non-hydrogen) atoms. The molecule has 3 heterocycles. The third-order valence-corrected chi connectivity index (χ3v) is 6.03. The van der Waals surface area contributed by atoms with Crippen molar-refractivity contribution in [2.24, 2.45) is 11.3 Å². The standard InChI is InChI=1S/C20H31N5O2/c1-16-18(27)25(17(26)15-20(16,2)3)10-5-4-9-23-11-13-24(14-12-23)19-21-7-6-8-22-19/h6-8,16H,4-5,9-15H2,1-3H3. The minimum absolute atomic E-state index is 0.00674. The number of hydrogen-bond acceptors (Lipinski definition) is 6. The first kappa shape index (κ1) is 19.7. The molecule has 3 rings (SSSR count). The van der Waals surface area contributed by atoms with Gasteiger partial charge in [-0.25, -0.2) is 9.97 Å². The van der Waals surface area contributed by atoms with Crippen LogP contribution in [-0.2, 0) is 9.59 Å². The molecule has 0 radical (unpaired) electrons. The molecular weight excluding hydrogens is 342 g/mol. The fourth-order valence-corrected chi connectivity index (χ4v) is 3.80. The minimum atomic E-state index is -0.229. The monoisotopic (exact) mass is 373 g/mol. The Bertz CT molecular complexity index is 656. The van der Waals surface area contributed by atoms with E-state index in [-0.39, 0.29) is 23.1 Å². The third kappa shape index (κ3) is 4.64. The van der Waals surface area contributed by atoms with Gasteiger partial charge in [0.1, 0.15) is 0 Å². The summed E-state index contributed by atoms with van der Waals surface area (Å²) < 4.78 is 0. The fraction of sp³-hybridized carbons (Fsp3) is 0.700. The van der Waals surface area contributed by atoms with Gasteiger partial charge in [-0.1, -0.05) is 20.8 Å². The number of aromatic nitrogens is 2. The molecule has 0 aromatic carbocycles. The Hall–Kier alpha value is -2.02. The summed E-state index contributed by atoms with van der Waals surface area (Å²) in [5, 5.41) is 0. The Morgan fingerprint density at radius 3 is 2.33 bits per heavy atom. The van der Waals surface area contributed by atoms with Crippen molar-refractivity contribution in [3.8, 4) is 0 Å². The van der Waals surface area contributed by atoms with E-state index in [4.69, 9.17) is 0 Å². The predicted octanol–water partition coefficient (Wildman–Crippen LogP) is 1.80. The maximum atomic E-state index is 12.5. The van der Waals surface area contributed by atoms with Gasteiger partial charge in [-0.2, -0.15) is 0 Å². The lowest BCUT2D eigenvalue weighted by Gasteiger charge is -2.40. The first-order valence-corrected chi connectivity index (χ1v) is 9.97. The number of piperidine rings is 1. The SMILES string of the molecule is CC1C(=O)N(CCCCN2CCN(c3ncccn3)CC2)C(=O)CC1(C)C. The second kappa shape index (κ2) is 8.33. The zero-order valence-corrected chi connectivity index (χ0v) is 16.7. The lowest BCUT2D eigenvalue weighted by Crippen LogP contribution is -2.51. The summed E-state index contributed by atoms with van der Waals surface area (Å²) in [6, 6.07) is 1.83. The highest BCUT2D eigenvalue weighted by Gasteiger charge is 2.43. The molecule has 2 aliphatic rings. The lowest BCUT2D eigenvalue weighted by molar-refractivity contribution is -0.157. The summed E-state index contributed by atoms with van der Waals surface area (Å²) in [7, 11) is 0. The molecule has 7 heteroatoms. The van der Waals surface area contributed by atoms with Crippen molar-refractivity contribution < 1.29 is 9.59 Å². The number of rotatable bonds is 6. The minimum Gasteiger partial charge on any atom is -0.338 e. The summed E-state index contributed by atoms with van der Waals surface area (Å²) in [4.78, 5) is 39.6. The normalized spacial score (nSPS) is 23.7. The van der Waals surface area contributed by atoms with Crippen LogP contribution in [0.2, 0.25) is 0 Å². The molecular formula is C20H31N5O2. The van der Waals surface area contributed by atoms with Crippen LogP contribution >= 0.6 is 0 Å². The van der Waals surface area contributed by atoms with Crippen molar-refractivity contribution in [1.82, 2.24) is 19.8 Å². The summed E-state index contributed by atoms with van der Waals surface area (Å²) in [6.45, 7) is 11.3. The average Bonchev–Trinajstić information content (AvgIpc) is 2.66. The first-order valence-electron chi connectivity index (χ1n) is 9.97. The van der Waals surface area contributed by atoms with Crippen LogP contribution in [0.25, 0.3) is 0 Å². The molecule has 0 bridgehead atoms. The van der Waals surface area contributed by atoms with Crippen molar-refractivity contribution in [2.75, 3.05) is 44.2 Å². The maximum Gasteiger partial charge on any atom is 0.232 e. The van der Waals surface area contributed by atoms with Gasteiger partial charge in [0.25, 0.3) is 0 Å². The molecule has 1 unspecified atom stereocenters. The van der Waals surface area contributed by atoms with Crippen molar-refractivity contribution in [3.05, 3.63) is 18.5 Å². The zero-order valence-electron chi connectivity index (χ0n) is 16.7. The number of amides is 2. The van der Waals surface area contributed by atoms with E-state index in [1.54, 1.807) is 12.4 Å². The van der Waals surface area contributed by atoms with Gasteiger partial charge in [0, 0.05) is 57.5 Å². The largest absolute Gasteiger partial charge is 0.338 e. The van der Waals surface area contributed by atoms with Gasteiger partial charge in [-0.05, 0) is 30.9 Å². The van der Waals surface area contributed by atoms with E-state index in [0.717, 1.165) is 51.5 Å². The van der Waals surface area contributed by atoms with Gasteiger partial charge >= 0.3 is 0 Å². The van der Waals surface area contributed by atoms with Gasteiger partial charge in [-0.3, -0.25) is 19.4 Å². The van der Waals surface area contributed by atoms with Crippen molar-refractivity contribution in [2.45, 2.75) is 40.0 Å². The van der Waals surface area contributed by atoms with E-state index in [2.05, 4.69) is 19.8 Å². The van der Waals surface area contributed by atoms with Crippen LogP contribution in [0.3, 0.4) is 0 Å². The van der Waals surface area contributed by atoms with Crippen LogP contribution in [0.4, 0.5) is 5.95 Å². The molecule has 0 N–H and O–H groups in total. The first-order chi connectivity index (χ1) is 12.9. The smallest absolute Gasteiger partial charge is 0.232 e. The van der Waals surface area contributed by atoms with Crippen molar-refractivity contribution in [1.29, 1.82) is 0 Å². The number of unbranched alkanes of at least 4 members (excludes halogenated alkanes) is 1. The number of likely N-dealkylation sites (tertiary alicyclic amines) is 1. The number of piperazine rings is 1. The molecule has 2 saturated heterocycles. The number of anilines is 1. The number of carbonyl (C=O) groups excluding carboxylic acids is 2. The van der Waals surface area contributed by atoms with E-state index < -0.39 is 0 Å². The highest BCUT2D eigenvalue weighted by molar-refractivity contribution is 5.99. The van der Waals surface area contributed by atoms with Gasteiger partial charge < -0.3 is 4.90 Å². The molecule has 1 aromatic rings. The van der Waals surface area contributed by atoms with E-state index in [0.29, 0.717) is 13.0 Å². The van der Waals surface area contributed by atoms with Crippen molar-refractivity contribution >= 4 is 17.8 Å².